The predicted octanol–water partition coefficient (Wildman–Crippen LogP) is 5.48. The Balaban J connectivity index is 1.55. The average Bonchev–Trinajstić information content (AvgIpc) is 3.15. The van der Waals surface area contributed by atoms with Crippen molar-refractivity contribution in [2.24, 2.45) is 11.8 Å². The van der Waals surface area contributed by atoms with E-state index in [4.69, 9.17) is 0 Å². The summed E-state index contributed by atoms with van der Waals surface area (Å²) in [5, 5.41) is 22.4. The van der Waals surface area contributed by atoms with Gasteiger partial charge in [0, 0.05) is 25.3 Å². The Morgan fingerprint density at radius 1 is 1.12 bits per heavy atom. The molecule has 0 unspecified atom stereocenters. The molecule has 184 valence electrons. The fraction of sp³-hybridized carbons (Fsp3) is 0.643. The van der Waals surface area contributed by atoms with Gasteiger partial charge in [-0.05, 0) is 55.7 Å². The molecule has 1 aromatic carbocycles. The largest absolute Gasteiger partial charge is 0.508 e. The minimum Gasteiger partial charge on any atom is -0.508 e. The molecule has 1 aliphatic carbocycles. The lowest BCUT2D eigenvalue weighted by atomic mass is 9.89. The SMILES string of the molecule is CCCCC[C@H](O)/C=C/[C@H]1CCC(=O)[C@@H]1CCCCCCC(=O)NCCc1ccc(O)cc1. The number of Topliss-reactive ketones (excluding diaryl/α,β-unsaturated/α-hetero) is 1. The van der Waals surface area contributed by atoms with E-state index < -0.39 is 0 Å². The molecule has 1 aliphatic rings. The van der Waals surface area contributed by atoms with Gasteiger partial charge in [0.2, 0.25) is 5.91 Å². The van der Waals surface area contributed by atoms with Crippen LogP contribution < -0.4 is 5.32 Å². The third kappa shape index (κ3) is 11.0. The molecule has 0 heterocycles. The summed E-state index contributed by atoms with van der Waals surface area (Å²) in [6, 6.07) is 7.05. The van der Waals surface area contributed by atoms with Gasteiger partial charge in [-0.2, -0.15) is 0 Å². The fourth-order valence-electron chi connectivity index (χ4n) is 4.61. The maximum atomic E-state index is 12.3. The zero-order valence-corrected chi connectivity index (χ0v) is 20.3. The van der Waals surface area contributed by atoms with Crippen molar-refractivity contribution in [3.8, 4) is 5.75 Å². The third-order valence-electron chi connectivity index (χ3n) is 6.68. The molecular weight excluding hydrogens is 414 g/mol. The molecule has 1 aromatic rings. The van der Waals surface area contributed by atoms with E-state index in [0.29, 0.717) is 25.2 Å². The number of rotatable bonds is 16. The Labute approximate surface area is 199 Å². The lowest BCUT2D eigenvalue weighted by Crippen LogP contribution is -2.25. The molecule has 2 rings (SSSR count). The Bertz CT molecular complexity index is 728. The number of aliphatic hydroxyl groups is 1. The summed E-state index contributed by atoms with van der Waals surface area (Å²) in [7, 11) is 0. The van der Waals surface area contributed by atoms with E-state index in [1.807, 2.05) is 18.2 Å². The molecule has 3 atom stereocenters. The van der Waals surface area contributed by atoms with E-state index in [1.54, 1.807) is 12.1 Å². The molecule has 0 radical (unpaired) electrons. The molecule has 0 aliphatic heterocycles. The first-order chi connectivity index (χ1) is 16.0. The molecule has 0 aromatic heterocycles. The van der Waals surface area contributed by atoms with Crippen molar-refractivity contribution in [3.05, 3.63) is 42.0 Å². The fourth-order valence-corrected chi connectivity index (χ4v) is 4.61. The standard InChI is InChI=1S/C28H43NO4/c1-2-3-6-9-24(30)18-14-23-15-19-27(32)26(23)10-7-4-5-8-11-28(33)29-21-20-22-12-16-25(31)17-13-22/h12-14,16-18,23-24,26,30-31H,2-11,15,19-21H2,1H3,(H,29,33)/b18-14+/t23-,24-,26+/m0/s1. The number of carbonyl (C=O) groups is 2. The molecule has 5 nitrogen and oxygen atoms in total. The quantitative estimate of drug-likeness (QED) is 0.226. The molecule has 1 fully saturated rings. The summed E-state index contributed by atoms with van der Waals surface area (Å²) >= 11 is 0. The number of aromatic hydroxyl groups is 1. The highest BCUT2D eigenvalue weighted by atomic mass is 16.3. The number of benzene rings is 1. The minimum absolute atomic E-state index is 0.0856. The number of ketones is 1. The van der Waals surface area contributed by atoms with E-state index >= 15 is 0 Å². The van der Waals surface area contributed by atoms with Gasteiger partial charge in [-0.3, -0.25) is 9.59 Å². The van der Waals surface area contributed by atoms with E-state index in [9.17, 15) is 19.8 Å². The number of hydrogen-bond acceptors (Lipinski definition) is 4. The number of allylic oxidation sites excluding steroid dienone is 1. The molecule has 3 N–H and O–H groups in total. The molecule has 0 bridgehead atoms. The van der Waals surface area contributed by atoms with Crippen molar-refractivity contribution in [3.63, 3.8) is 0 Å². The smallest absolute Gasteiger partial charge is 0.220 e. The number of aliphatic hydroxyl groups excluding tert-OH is 1. The van der Waals surface area contributed by atoms with Crippen LogP contribution in [0, 0.1) is 11.8 Å². The number of phenolic OH excluding ortho intramolecular Hbond substituents is 1. The monoisotopic (exact) mass is 457 g/mol. The summed E-state index contributed by atoms with van der Waals surface area (Å²) in [6.45, 7) is 2.77. The lowest BCUT2D eigenvalue weighted by molar-refractivity contribution is -0.121. The Kier molecular flexibility index (Phi) is 12.9. The van der Waals surface area contributed by atoms with E-state index in [-0.39, 0.29) is 29.6 Å². The van der Waals surface area contributed by atoms with Crippen molar-refractivity contribution in [1.29, 1.82) is 0 Å². The van der Waals surface area contributed by atoms with Crippen molar-refractivity contribution in [1.82, 2.24) is 5.32 Å². The molecule has 33 heavy (non-hydrogen) atoms. The van der Waals surface area contributed by atoms with Gasteiger partial charge in [-0.15, -0.1) is 0 Å². The summed E-state index contributed by atoms with van der Waals surface area (Å²) in [5.74, 6) is 1.09. The normalized spacial score (nSPS) is 19.3. The number of carbonyl (C=O) groups excluding carboxylic acids is 2. The molecule has 1 saturated carbocycles. The first-order valence-corrected chi connectivity index (χ1v) is 12.9. The predicted molar refractivity (Wildman–Crippen MR) is 133 cm³/mol. The second-order valence-corrected chi connectivity index (χ2v) is 9.44. The van der Waals surface area contributed by atoms with Gasteiger partial charge < -0.3 is 15.5 Å². The molecule has 0 spiro atoms. The second-order valence-electron chi connectivity index (χ2n) is 9.44. The van der Waals surface area contributed by atoms with Crippen molar-refractivity contribution < 1.29 is 19.8 Å². The van der Waals surface area contributed by atoms with Crippen LogP contribution >= 0.6 is 0 Å². The lowest BCUT2D eigenvalue weighted by Gasteiger charge is -2.15. The van der Waals surface area contributed by atoms with Crippen LogP contribution in [0.15, 0.2) is 36.4 Å². The topological polar surface area (TPSA) is 86.6 Å². The van der Waals surface area contributed by atoms with Crippen molar-refractivity contribution >= 4 is 11.7 Å². The Hall–Kier alpha value is -2.14. The van der Waals surface area contributed by atoms with E-state index in [2.05, 4.69) is 18.3 Å². The average molecular weight is 458 g/mol. The van der Waals surface area contributed by atoms with Crippen LogP contribution in [-0.4, -0.2) is 34.6 Å². The van der Waals surface area contributed by atoms with Gasteiger partial charge in [-0.25, -0.2) is 0 Å². The molecular formula is C28H43NO4. The van der Waals surface area contributed by atoms with Crippen LogP contribution in [0.1, 0.15) is 89.5 Å². The zero-order chi connectivity index (χ0) is 23.9. The van der Waals surface area contributed by atoms with Gasteiger partial charge in [0.05, 0.1) is 6.10 Å². The second kappa shape index (κ2) is 15.7. The minimum atomic E-state index is -0.389. The summed E-state index contributed by atoms with van der Waals surface area (Å²) in [6.07, 6.45) is 15.5. The van der Waals surface area contributed by atoms with Gasteiger partial charge in [0.15, 0.2) is 0 Å². The van der Waals surface area contributed by atoms with Crippen molar-refractivity contribution in [2.45, 2.75) is 96.5 Å². The molecule has 5 heteroatoms. The Morgan fingerprint density at radius 2 is 1.88 bits per heavy atom. The number of hydrogen-bond donors (Lipinski definition) is 3. The summed E-state index contributed by atoms with van der Waals surface area (Å²) < 4.78 is 0. The molecule has 0 saturated heterocycles. The van der Waals surface area contributed by atoms with Gasteiger partial charge in [0.1, 0.15) is 11.5 Å². The van der Waals surface area contributed by atoms with Crippen molar-refractivity contribution in [2.75, 3.05) is 6.54 Å². The van der Waals surface area contributed by atoms with Crippen LogP contribution in [0.4, 0.5) is 0 Å². The first kappa shape index (κ1) is 27.1. The highest BCUT2D eigenvalue weighted by molar-refractivity contribution is 5.83. The first-order valence-electron chi connectivity index (χ1n) is 12.9. The Morgan fingerprint density at radius 3 is 2.64 bits per heavy atom. The molecule has 1 amide bonds. The maximum Gasteiger partial charge on any atom is 0.220 e. The number of amides is 1. The van der Waals surface area contributed by atoms with Gasteiger partial charge >= 0.3 is 0 Å². The van der Waals surface area contributed by atoms with Crippen LogP contribution in [0.5, 0.6) is 5.75 Å². The maximum absolute atomic E-state index is 12.3. The van der Waals surface area contributed by atoms with Gasteiger partial charge in [-0.1, -0.05) is 69.7 Å². The van der Waals surface area contributed by atoms with Crippen LogP contribution in [-0.2, 0) is 16.0 Å². The van der Waals surface area contributed by atoms with Crippen LogP contribution in [0.2, 0.25) is 0 Å². The number of phenols is 1. The van der Waals surface area contributed by atoms with Crippen LogP contribution in [0.3, 0.4) is 0 Å². The summed E-state index contributed by atoms with van der Waals surface area (Å²) in [4.78, 5) is 24.3. The number of unbranched alkanes of at least 4 members (excludes halogenated alkanes) is 5. The highest BCUT2D eigenvalue weighted by Gasteiger charge is 2.32. The van der Waals surface area contributed by atoms with Crippen LogP contribution in [0.25, 0.3) is 0 Å². The van der Waals surface area contributed by atoms with E-state index in [0.717, 1.165) is 76.2 Å². The highest BCUT2D eigenvalue weighted by Crippen LogP contribution is 2.34. The van der Waals surface area contributed by atoms with E-state index in [1.165, 1.54) is 0 Å². The zero-order valence-electron chi connectivity index (χ0n) is 20.3. The summed E-state index contributed by atoms with van der Waals surface area (Å²) in [5.41, 5.74) is 1.09. The third-order valence-corrected chi connectivity index (χ3v) is 6.68. The van der Waals surface area contributed by atoms with Gasteiger partial charge in [0.25, 0.3) is 0 Å². The number of nitrogens with one attached hydrogen (secondary N) is 1.